The average molecular weight is 242 g/mol. The molecule has 1 saturated heterocycles. The van der Waals surface area contributed by atoms with Crippen LogP contribution >= 0.6 is 0 Å². The number of piperidine rings is 1. The summed E-state index contributed by atoms with van der Waals surface area (Å²) in [5, 5.41) is 15.2. The van der Waals surface area contributed by atoms with E-state index in [-0.39, 0.29) is 18.4 Å². The van der Waals surface area contributed by atoms with Crippen molar-refractivity contribution in [3.8, 4) is 0 Å². The topological polar surface area (TPSA) is 61.4 Å². The van der Waals surface area contributed by atoms with Crippen LogP contribution in [-0.2, 0) is 4.79 Å². The molecule has 4 nitrogen and oxygen atoms in total. The van der Waals surface area contributed by atoms with Crippen LogP contribution < -0.4 is 10.6 Å². The van der Waals surface area contributed by atoms with Gasteiger partial charge in [0.1, 0.15) is 0 Å². The van der Waals surface area contributed by atoms with Crippen molar-refractivity contribution in [3.63, 3.8) is 0 Å². The monoisotopic (exact) mass is 242 g/mol. The van der Waals surface area contributed by atoms with Gasteiger partial charge in [0.05, 0.1) is 5.92 Å². The Kier molecular flexibility index (Phi) is 7.21. The van der Waals surface area contributed by atoms with E-state index in [1.54, 1.807) is 0 Å². The molecule has 3 N–H and O–H groups in total. The molecule has 4 heteroatoms. The second-order valence-electron chi connectivity index (χ2n) is 4.96. The van der Waals surface area contributed by atoms with E-state index in [0.717, 1.165) is 45.2 Å². The fourth-order valence-electron chi connectivity index (χ4n) is 2.40. The highest BCUT2D eigenvalue weighted by Gasteiger charge is 2.21. The highest BCUT2D eigenvalue weighted by molar-refractivity contribution is 5.78. The molecule has 1 aliphatic heterocycles. The predicted octanol–water partition coefficient (Wildman–Crippen LogP) is 0.901. The number of aliphatic hydroxyl groups is 1. The molecular weight excluding hydrogens is 216 g/mol. The molecule has 0 saturated carbocycles. The van der Waals surface area contributed by atoms with Crippen molar-refractivity contribution in [1.29, 1.82) is 0 Å². The molecule has 2 unspecified atom stereocenters. The minimum absolute atomic E-state index is 0.139. The van der Waals surface area contributed by atoms with Crippen LogP contribution in [0.15, 0.2) is 0 Å². The molecular formula is C13H26N2O2. The molecule has 0 aromatic heterocycles. The van der Waals surface area contributed by atoms with Crippen LogP contribution in [0.2, 0.25) is 0 Å². The number of amides is 1. The second-order valence-corrected chi connectivity index (χ2v) is 4.96. The number of nitrogens with one attached hydrogen (secondary N) is 2. The van der Waals surface area contributed by atoms with Crippen LogP contribution in [0.4, 0.5) is 0 Å². The number of carbonyl (C=O) groups excluding carboxylic acids is 1. The highest BCUT2D eigenvalue weighted by atomic mass is 16.3. The predicted molar refractivity (Wildman–Crippen MR) is 68.7 cm³/mol. The smallest absolute Gasteiger partial charge is 0.224 e. The Morgan fingerprint density at radius 2 is 2.35 bits per heavy atom. The summed E-state index contributed by atoms with van der Waals surface area (Å²) in [5.41, 5.74) is 0. The number of aliphatic hydroxyl groups excluding tert-OH is 1. The Morgan fingerprint density at radius 1 is 1.53 bits per heavy atom. The van der Waals surface area contributed by atoms with Gasteiger partial charge in [0.15, 0.2) is 0 Å². The van der Waals surface area contributed by atoms with Crippen LogP contribution in [0.1, 0.15) is 39.0 Å². The van der Waals surface area contributed by atoms with Crippen LogP contribution in [0.3, 0.4) is 0 Å². The van der Waals surface area contributed by atoms with Gasteiger partial charge in [0.2, 0.25) is 5.91 Å². The zero-order valence-electron chi connectivity index (χ0n) is 10.9. The molecule has 2 atom stereocenters. The SMILES string of the molecule is CCCC(CCO)CNC(=O)C1CCCNC1. The van der Waals surface area contributed by atoms with Gasteiger partial charge in [-0.1, -0.05) is 13.3 Å². The summed E-state index contributed by atoms with van der Waals surface area (Å²) in [4.78, 5) is 11.9. The molecule has 1 aliphatic rings. The molecule has 17 heavy (non-hydrogen) atoms. The average Bonchev–Trinajstić information content (AvgIpc) is 2.37. The first-order valence-electron chi connectivity index (χ1n) is 6.87. The van der Waals surface area contributed by atoms with E-state index in [9.17, 15) is 4.79 Å². The molecule has 1 amide bonds. The van der Waals surface area contributed by atoms with Gasteiger partial charge in [-0.05, 0) is 38.1 Å². The van der Waals surface area contributed by atoms with Gasteiger partial charge in [-0.15, -0.1) is 0 Å². The Hall–Kier alpha value is -0.610. The number of carbonyl (C=O) groups is 1. The summed E-state index contributed by atoms with van der Waals surface area (Å²) in [6.07, 6.45) is 5.05. The molecule has 0 aromatic carbocycles. The number of hydrogen-bond acceptors (Lipinski definition) is 3. The fourth-order valence-corrected chi connectivity index (χ4v) is 2.40. The van der Waals surface area contributed by atoms with E-state index >= 15 is 0 Å². The van der Waals surface area contributed by atoms with Crippen molar-refractivity contribution in [2.45, 2.75) is 39.0 Å². The van der Waals surface area contributed by atoms with Crippen molar-refractivity contribution in [2.75, 3.05) is 26.2 Å². The van der Waals surface area contributed by atoms with Gasteiger partial charge in [0, 0.05) is 19.7 Å². The van der Waals surface area contributed by atoms with E-state index in [4.69, 9.17) is 5.11 Å². The Morgan fingerprint density at radius 3 is 2.94 bits per heavy atom. The van der Waals surface area contributed by atoms with Crippen molar-refractivity contribution in [1.82, 2.24) is 10.6 Å². The maximum atomic E-state index is 11.9. The molecule has 0 aromatic rings. The minimum Gasteiger partial charge on any atom is -0.396 e. The highest BCUT2D eigenvalue weighted by Crippen LogP contribution is 2.12. The fraction of sp³-hybridized carbons (Fsp3) is 0.923. The van der Waals surface area contributed by atoms with Crippen molar-refractivity contribution in [2.24, 2.45) is 11.8 Å². The van der Waals surface area contributed by atoms with E-state index in [1.165, 1.54) is 0 Å². The first-order valence-corrected chi connectivity index (χ1v) is 6.87. The summed E-state index contributed by atoms with van der Waals surface area (Å²) in [6.45, 7) is 4.91. The van der Waals surface area contributed by atoms with E-state index < -0.39 is 0 Å². The third-order valence-corrected chi connectivity index (χ3v) is 3.47. The summed E-state index contributed by atoms with van der Waals surface area (Å²) in [5.74, 6) is 0.738. The summed E-state index contributed by atoms with van der Waals surface area (Å²) >= 11 is 0. The lowest BCUT2D eigenvalue weighted by atomic mass is 9.97. The molecule has 0 spiro atoms. The van der Waals surface area contributed by atoms with Gasteiger partial charge in [-0.2, -0.15) is 0 Å². The first kappa shape index (κ1) is 14.5. The molecule has 1 fully saturated rings. The summed E-state index contributed by atoms with van der Waals surface area (Å²) in [7, 11) is 0. The van der Waals surface area contributed by atoms with Crippen molar-refractivity contribution >= 4 is 5.91 Å². The molecule has 1 heterocycles. The maximum Gasteiger partial charge on any atom is 0.224 e. The molecule has 0 bridgehead atoms. The van der Waals surface area contributed by atoms with E-state index in [1.807, 2.05) is 0 Å². The van der Waals surface area contributed by atoms with Crippen LogP contribution in [0, 0.1) is 11.8 Å². The third kappa shape index (κ3) is 5.50. The van der Waals surface area contributed by atoms with Crippen molar-refractivity contribution in [3.05, 3.63) is 0 Å². The Bertz CT molecular complexity index is 209. The lowest BCUT2D eigenvalue weighted by molar-refractivity contribution is -0.125. The first-order chi connectivity index (χ1) is 8.27. The zero-order valence-corrected chi connectivity index (χ0v) is 10.9. The quantitative estimate of drug-likeness (QED) is 0.621. The summed E-state index contributed by atoms with van der Waals surface area (Å²) in [6, 6.07) is 0. The van der Waals surface area contributed by atoms with Crippen LogP contribution in [0.5, 0.6) is 0 Å². The van der Waals surface area contributed by atoms with Gasteiger partial charge in [-0.25, -0.2) is 0 Å². The number of rotatable bonds is 7. The lowest BCUT2D eigenvalue weighted by Crippen LogP contribution is -2.42. The Balaban J connectivity index is 2.24. The second kappa shape index (κ2) is 8.48. The zero-order chi connectivity index (χ0) is 12.5. The maximum absolute atomic E-state index is 11.9. The minimum atomic E-state index is 0.139. The third-order valence-electron chi connectivity index (χ3n) is 3.47. The largest absolute Gasteiger partial charge is 0.396 e. The Labute approximate surface area is 104 Å². The normalized spacial score (nSPS) is 22.1. The van der Waals surface area contributed by atoms with Gasteiger partial charge in [-0.3, -0.25) is 4.79 Å². The van der Waals surface area contributed by atoms with Crippen LogP contribution in [0.25, 0.3) is 0 Å². The van der Waals surface area contributed by atoms with Crippen molar-refractivity contribution < 1.29 is 9.90 Å². The van der Waals surface area contributed by atoms with Gasteiger partial charge < -0.3 is 15.7 Å². The van der Waals surface area contributed by atoms with Crippen LogP contribution in [-0.4, -0.2) is 37.3 Å². The van der Waals surface area contributed by atoms with Gasteiger partial charge in [0.25, 0.3) is 0 Å². The standard InChI is InChI=1S/C13H26N2O2/c1-2-4-11(6-8-16)9-15-13(17)12-5-3-7-14-10-12/h11-12,14,16H,2-10H2,1H3,(H,15,17). The number of hydrogen-bond donors (Lipinski definition) is 3. The van der Waals surface area contributed by atoms with E-state index in [2.05, 4.69) is 17.6 Å². The molecule has 0 aliphatic carbocycles. The molecule has 1 rings (SSSR count). The lowest BCUT2D eigenvalue weighted by Gasteiger charge is -2.23. The molecule has 0 radical (unpaired) electrons. The molecule has 100 valence electrons. The summed E-state index contributed by atoms with van der Waals surface area (Å²) < 4.78 is 0. The van der Waals surface area contributed by atoms with E-state index in [0.29, 0.717) is 12.5 Å². The van der Waals surface area contributed by atoms with Gasteiger partial charge >= 0.3 is 0 Å².